The van der Waals surface area contributed by atoms with Crippen molar-refractivity contribution in [2.75, 3.05) is 6.61 Å². The normalized spacial score (nSPS) is 11.9. The maximum Gasteiger partial charge on any atom is 0.416 e. The van der Waals surface area contributed by atoms with Gasteiger partial charge in [-0.2, -0.15) is 28.0 Å². The first kappa shape index (κ1) is 18.8. The van der Waals surface area contributed by atoms with Crippen LogP contribution in [0.3, 0.4) is 0 Å². The monoisotopic (exact) mass is 392 g/mol. The fourth-order valence-corrected chi connectivity index (χ4v) is 2.51. The lowest BCUT2D eigenvalue weighted by Gasteiger charge is -2.06. The molecule has 0 saturated carbocycles. The summed E-state index contributed by atoms with van der Waals surface area (Å²) in [6, 6.07) is 11.9. The summed E-state index contributed by atoms with van der Waals surface area (Å²) in [5.41, 5.74) is 0.550. The van der Waals surface area contributed by atoms with Crippen LogP contribution in [0.25, 0.3) is 11.4 Å². The number of aromatic nitrogens is 3. The zero-order chi connectivity index (χ0) is 19.4. The highest BCUT2D eigenvalue weighted by atomic mass is 32.1. The van der Waals surface area contributed by atoms with E-state index in [-0.39, 0.29) is 4.77 Å². The van der Waals surface area contributed by atoms with E-state index < -0.39 is 11.7 Å². The van der Waals surface area contributed by atoms with Crippen LogP contribution >= 0.6 is 12.2 Å². The molecule has 0 fully saturated rings. The molecule has 0 atom stereocenters. The number of alkyl halides is 3. The van der Waals surface area contributed by atoms with Crippen LogP contribution in [0.4, 0.5) is 13.2 Å². The number of rotatable bonds is 5. The first-order chi connectivity index (χ1) is 12.9. The van der Waals surface area contributed by atoms with Crippen LogP contribution in [0, 0.1) is 4.77 Å². The molecule has 1 N–H and O–H groups in total. The molecule has 3 rings (SSSR count). The molecule has 0 aliphatic carbocycles. The fourth-order valence-electron chi connectivity index (χ4n) is 2.34. The summed E-state index contributed by atoms with van der Waals surface area (Å²) in [5.74, 6) is 1.21. The molecule has 0 unspecified atom stereocenters. The third-order valence-corrected chi connectivity index (χ3v) is 3.90. The average molecular weight is 392 g/mol. The van der Waals surface area contributed by atoms with Crippen molar-refractivity contribution in [2.24, 2.45) is 5.10 Å². The summed E-state index contributed by atoms with van der Waals surface area (Å²) < 4.78 is 45.0. The van der Waals surface area contributed by atoms with Crippen molar-refractivity contribution in [3.63, 3.8) is 0 Å². The van der Waals surface area contributed by atoms with Gasteiger partial charge in [-0.1, -0.05) is 12.1 Å². The average Bonchev–Trinajstić information content (AvgIpc) is 3.01. The van der Waals surface area contributed by atoms with Crippen molar-refractivity contribution in [2.45, 2.75) is 13.1 Å². The van der Waals surface area contributed by atoms with Crippen LogP contribution in [-0.4, -0.2) is 27.7 Å². The predicted octanol–water partition coefficient (Wildman–Crippen LogP) is 4.91. The molecule has 27 heavy (non-hydrogen) atoms. The van der Waals surface area contributed by atoms with Crippen LogP contribution in [-0.2, 0) is 6.18 Å². The Morgan fingerprint density at radius 2 is 1.81 bits per heavy atom. The van der Waals surface area contributed by atoms with Crippen molar-refractivity contribution in [1.82, 2.24) is 14.9 Å². The van der Waals surface area contributed by atoms with Crippen LogP contribution < -0.4 is 4.74 Å². The number of halogens is 3. The minimum Gasteiger partial charge on any atom is -0.494 e. The molecule has 3 aromatic rings. The van der Waals surface area contributed by atoms with E-state index in [9.17, 15) is 13.2 Å². The van der Waals surface area contributed by atoms with E-state index >= 15 is 0 Å². The van der Waals surface area contributed by atoms with Crippen LogP contribution in [0.2, 0.25) is 0 Å². The molecule has 0 aliphatic heterocycles. The maximum atomic E-state index is 12.6. The molecule has 0 saturated heterocycles. The maximum absolute atomic E-state index is 12.6. The van der Waals surface area contributed by atoms with Crippen molar-refractivity contribution in [3.05, 3.63) is 64.4 Å². The summed E-state index contributed by atoms with van der Waals surface area (Å²) in [6.07, 6.45) is -2.95. The fraction of sp³-hybridized carbons (Fsp3) is 0.167. The molecule has 0 aliphatic rings. The second-order valence-corrected chi connectivity index (χ2v) is 5.87. The van der Waals surface area contributed by atoms with Gasteiger partial charge in [0.1, 0.15) is 5.75 Å². The number of benzene rings is 2. The Kier molecular flexibility index (Phi) is 5.41. The van der Waals surface area contributed by atoms with Crippen molar-refractivity contribution in [1.29, 1.82) is 0 Å². The van der Waals surface area contributed by atoms with Crippen molar-refractivity contribution < 1.29 is 17.9 Å². The van der Waals surface area contributed by atoms with E-state index in [0.717, 1.165) is 23.4 Å². The highest BCUT2D eigenvalue weighted by Crippen LogP contribution is 2.29. The van der Waals surface area contributed by atoms with Crippen molar-refractivity contribution >= 4 is 18.4 Å². The third-order valence-electron chi connectivity index (χ3n) is 3.63. The molecule has 140 valence electrons. The van der Waals surface area contributed by atoms with E-state index in [2.05, 4.69) is 15.3 Å². The van der Waals surface area contributed by atoms with Crippen LogP contribution in [0.15, 0.2) is 53.6 Å². The van der Waals surface area contributed by atoms with E-state index in [1.165, 1.54) is 23.0 Å². The summed E-state index contributed by atoms with van der Waals surface area (Å²) in [5, 5.41) is 11.1. The quantitative estimate of drug-likeness (QED) is 0.496. The molecule has 0 spiro atoms. The zero-order valence-corrected chi connectivity index (χ0v) is 15.0. The van der Waals surface area contributed by atoms with E-state index in [1.807, 2.05) is 19.1 Å². The van der Waals surface area contributed by atoms with Crippen molar-refractivity contribution in [3.8, 4) is 17.1 Å². The first-order valence-corrected chi connectivity index (χ1v) is 8.41. The lowest BCUT2D eigenvalue weighted by atomic mass is 10.1. The van der Waals surface area contributed by atoms with Gasteiger partial charge in [0.05, 0.1) is 18.4 Å². The molecular formula is C18H15F3N4OS. The highest BCUT2D eigenvalue weighted by molar-refractivity contribution is 7.71. The number of nitrogens with zero attached hydrogens (tertiary/aromatic N) is 3. The van der Waals surface area contributed by atoms with Gasteiger partial charge in [0.15, 0.2) is 5.82 Å². The third kappa shape index (κ3) is 4.43. The summed E-state index contributed by atoms with van der Waals surface area (Å²) >= 11 is 5.18. The second kappa shape index (κ2) is 7.75. The van der Waals surface area contributed by atoms with Crippen LogP contribution in [0.5, 0.6) is 5.75 Å². The summed E-state index contributed by atoms with van der Waals surface area (Å²) in [6.45, 7) is 2.46. The van der Waals surface area contributed by atoms with Gasteiger partial charge >= 0.3 is 6.18 Å². The number of H-pyrrole nitrogens is 1. The molecule has 5 nitrogen and oxygen atoms in total. The smallest absolute Gasteiger partial charge is 0.416 e. The number of nitrogens with one attached hydrogen (secondary N) is 1. The lowest BCUT2D eigenvalue weighted by molar-refractivity contribution is -0.137. The van der Waals surface area contributed by atoms with Gasteiger partial charge in [-0.15, -0.1) is 0 Å². The minimum atomic E-state index is -4.37. The molecule has 0 bridgehead atoms. The molecule has 2 aromatic carbocycles. The Bertz CT molecular complexity index is 989. The largest absolute Gasteiger partial charge is 0.494 e. The van der Waals surface area contributed by atoms with Gasteiger partial charge in [-0.05, 0) is 61.1 Å². The number of hydrogen-bond donors (Lipinski definition) is 1. The predicted molar refractivity (Wildman–Crippen MR) is 98.5 cm³/mol. The van der Waals surface area contributed by atoms with E-state index in [1.54, 1.807) is 12.1 Å². The van der Waals surface area contributed by atoms with E-state index in [0.29, 0.717) is 18.0 Å². The first-order valence-electron chi connectivity index (χ1n) is 8.01. The molecule has 9 heteroatoms. The molecule has 0 radical (unpaired) electrons. The minimum absolute atomic E-state index is 0.266. The van der Waals surface area contributed by atoms with Gasteiger partial charge < -0.3 is 4.74 Å². The van der Waals surface area contributed by atoms with Gasteiger partial charge in [0.2, 0.25) is 4.77 Å². The summed E-state index contributed by atoms with van der Waals surface area (Å²) in [4.78, 5) is 0. The molecule has 1 aromatic heterocycles. The Balaban J connectivity index is 1.86. The molecule has 0 amide bonds. The van der Waals surface area contributed by atoms with Crippen LogP contribution in [0.1, 0.15) is 18.1 Å². The highest BCUT2D eigenvalue weighted by Gasteiger charge is 2.29. The SMILES string of the molecule is CCOc1ccc(-c2n[nH]c(=S)n2N=Cc2ccc(C(F)(F)F)cc2)cc1. The Morgan fingerprint density at radius 1 is 1.15 bits per heavy atom. The number of aromatic amines is 1. The molecule has 1 heterocycles. The lowest BCUT2D eigenvalue weighted by Crippen LogP contribution is -2.04. The van der Waals surface area contributed by atoms with Gasteiger partial charge in [-0.3, -0.25) is 0 Å². The van der Waals surface area contributed by atoms with Gasteiger partial charge in [-0.25, -0.2) is 5.10 Å². The van der Waals surface area contributed by atoms with Gasteiger partial charge in [0, 0.05) is 5.56 Å². The topological polar surface area (TPSA) is 55.2 Å². The number of ether oxygens (including phenoxy) is 1. The standard InChI is InChI=1S/C18H15F3N4OS/c1-2-26-15-9-5-13(6-10-15)16-23-24-17(27)25(16)22-11-12-3-7-14(8-4-12)18(19,20)21/h3-11H,2H2,1H3,(H,24,27). The Labute approximate surface area is 158 Å². The zero-order valence-electron chi connectivity index (χ0n) is 14.2. The second-order valence-electron chi connectivity index (χ2n) is 5.49. The Hall–Kier alpha value is -2.94. The number of hydrogen-bond acceptors (Lipinski definition) is 4. The molecular weight excluding hydrogens is 377 g/mol. The van der Waals surface area contributed by atoms with Gasteiger partial charge in [0.25, 0.3) is 0 Å². The summed E-state index contributed by atoms with van der Waals surface area (Å²) in [7, 11) is 0. The Morgan fingerprint density at radius 3 is 2.41 bits per heavy atom. The van der Waals surface area contributed by atoms with E-state index in [4.69, 9.17) is 17.0 Å².